The van der Waals surface area contributed by atoms with E-state index < -0.39 is 6.10 Å². The van der Waals surface area contributed by atoms with Gasteiger partial charge in [-0.2, -0.15) is 0 Å². The summed E-state index contributed by atoms with van der Waals surface area (Å²) in [6.45, 7) is 0.324. The minimum Gasteiger partial charge on any atom is -0.399 e. The lowest BCUT2D eigenvalue weighted by Gasteiger charge is -2.08. The van der Waals surface area contributed by atoms with Gasteiger partial charge in [0, 0.05) is 18.3 Å². The Labute approximate surface area is 107 Å². The van der Waals surface area contributed by atoms with Crippen molar-refractivity contribution in [1.29, 1.82) is 0 Å². The van der Waals surface area contributed by atoms with Crippen LogP contribution in [0, 0.1) is 5.92 Å². The summed E-state index contributed by atoms with van der Waals surface area (Å²) in [5, 5.41) is 12.3. The first-order chi connectivity index (χ1) is 8.65. The van der Waals surface area contributed by atoms with Crippen LogP contribution in [-0.2, 0) is 4.79 Å². The number of benzene rings is 1. The summed E-state index contributed by atoms with van der Waals surface area (Å²) in [6, 6.07) is 7.30. The Hall–Kier alpha value is -1.81. The highest BCUT2D eigenvalue weighted by molar-refractivity contribution is 5.91. The molecule has 1 atom stereocenters. The molecule has 1 fully saturated rings. The first-order valence-electron chi connectivity index (χ1n) is 6.14. The third-order valence-corrected chi connectivity index (χ3v) is 2.99. The van der Waals surface area contributed by atoms with Crippen molar-refractivity contribution in [2.24, 2.45) is 5.92 Å². The molecule has 0 radical (unpaired) electrons. The van der Waals surface area contributed by atoms with Crippen LogP contribution in [0.2, 0.25) is 0 Å². The third kappa shape index (κ3) is 3.89. The van der Waals surface area contributed by atoms with E-state index in [0.29, 0.717) is 18.2 Å². The van der Waals surface area contributed by atoms with Crippen LogP contribution in [-0.4, -0.2) is 23.7 Å². The van der Waals surface area contributed by atoms with Gasteiger partial charge in [0.05, 0.1) is 6.10 Å². The molecular formula is C14H18N2O2. The van der Waals surface area contributed by atoms with Crippen molar-refractivity contribution in [3.8, 4) is 0 Å². The fourth-order valence-electron chi connectivity index (χ4n) is 1.75. The van der Waals surface area contributed by atoms with Gasteiger partial charge in [-0.15, -0.1) is 0 Å². The van der Waals surface area contributed by atoms with Gasteiger partial charge in [-0.1, -0.05) is 12.1 Å². The second-order valence-corrected chi connectivity index (χ2v) is 4.65. The molecule has 0 aromatic heterocycles. The number of rotatable bonds is 5. The van der Waals surface area contributed by atoms with E-state index >= 15 is 0 Å². The molecule has 1 unspecified atom stereocenters. The summed E-state index contributed by atoms with van der Waals surface area (Å²) in [5.74, 6) is 0.181. The lowest BCUT2D eigenvalue weighted by Crippen LogP contribution is -2.31. The van der Waals surface area contributed by atoms with Crippen molar-refractivity contribution >= 4 is 17.7 Å². The molecule has 4 N–H and O–H groups in total. The van der Waals surface area contributed by atoms with Crippen molar-refractivity contribution in [2.45, 2.75) is 18.9 Å². The maximum Gasteiger partial charge on any atom is 0.244 e. The van der Waals surface area contributed by atoms with E-state index in [4.69, 9.17) is 5.73 Å². The van der Waals surface area contributed by atoms with E-state index in [9.17, 15) is 9.90 Å². The van der Waals surface area contributed by atoms with Gasteiger partial charge >= 0.3 is 0 Å². The molecule has 1 aliphatic carbocycles. The van der Waals surface area contributed by atoms with E-state index in [1.807, 2.05) is 12.1 Å². The maximum absolute atomic E-state index is 11.5. The predicted octanol–water partition coefficient (Wildman–Crippen LogP) is 1.17. The number of amides is 1. The van der Waals surface area contributed by atoms with Gasteiger partial charge in [-0.25, -0.2) is 0 Å². The number of carbonyl (C=O) groups is 1. The molecule has 1 aromatic carbocycles. The Bertz CT molecular complexity index is 453. The number of anilines is 1. The van der Waals surface area contributed by atoms with Gasteiger partial charge in [-0.3, -0.25) is 4.79 Å². The smallest absolute Gasteiger partial charge is 0.244 e. The Morgan fingerprint density at radius 2 is 2.33 bits per heavy atom. The average molecular weight is 246 g/mol. The van der Waals surface area contributed by atoms with E-state index in [1.165, 1.54) is 6.08 Å². The number of hydrogen-bond acceptors (Lipinski definition) is 3. The van der Waals surface area contributed by atoms with Gasteiger partial charge in [0.1, 0.15) is 0 Å². The van der Waals surface area contributed by atoms with Crippen LogP contribution < -0.4 is 11.1 Å². The molecule has 0 aliphatic heterocycles. The maximum atomic E-state index is 11.5. The average Bonchev–Trinajstić information content (AvgIpc) is 3.17. The minimum atomic E-state index is -0.408. The molecule has 4 nitrogen and oxygen atoms in total. The number of aliphatic hydroxyl groups excluding tert-OH is 1. The van der Waals surface area contributed by atoms with Crippen LogP contribution in [0.5, 0.6) is 0 Å². The minimum absolute atomic E-state index is 0.197. The summed E-state index contributed by atoms with van der Waals surface area (Å²) in [4.78, 5) is 11.5. The molecule has 1 amide bonds. The number of hydrogen-bond donors (Lipinski definition) is 3. The zero-order chi connectivity index (χ0) is 13.0. The zero-order valence-electron chi connectivity index (χ0n) is 10.2. The predicted molar refractivity (Wildman–Crippen MR) is 71.6 cm³/mol. The molecule has 0 heterocycles. The molecule has 1 aliphatic rings. The Morgan fingerprint density at radius 3 is 3.00 bits per heavy atom. The van der Waals surface area contributed by atoms with Crippen molar-refractivity contribution in [3.05, 3.63) is 35.9 Å². The fraction of sp³-hybridized carbons (Fsp3) is 0.357. The lowest BCUT2D eigenvalue weighted by molar-refractivity contribution is -0.116. The highest BCUT2D eigenvalue weighted by atomic mass is 16.3. The van der Waals surface area contributed by atoms with Gasteiger partial charge in [-0.05, 0) is 42.5 Å². The molecule has 0 bridgehead atoms. The molecule has 1 aromatic rings. The van der Waals surface area contributed by atoms with Gasteiger partial charge in [0.25, 0.3) is 0 Å². The highest BCUT2D eigenvalue weighted by Crippen LogP contribution is 2.32. The summed E-state index contributed by atoms with van der Waals surface area (Å²) >= 11 is 0. The number of aliphatic hydroxyl groups is 1. The number of nitrogens with one attached hydrogen (secondary N) is 1. The first-order valence-corrected chi connectivity index (χ1v) is 6.14. The van der Waals surface area contributed by atoms with Crippen LogP contribution in [0.1, 0.15) is 18.4 Å². The van der Waals surface area contributed by atoms with Gasteiger partial charge < -0.3 is 16.2 Å². The standard InChI is InChI=1S/C14H18N2O2/c15-12-3-1-2-10(8-12)4-7-14(18)16-9-13(17)11-5-6-11/h1-4,7-8,11,13,17H,5-6,9,15H2,(H,16,18)/b7-4+. The third-order valence-electron chi connectivity index (χ3n) is 2.99. The molecule has 96 valence electrons. The number of nitrogens with two attached hydrogens (primary N) is 1. The van der Waals surface area contributed by atoms with E-state index in [-0.39, 0.29) is 5.91 Å². The van der Waals surface area contributed by atoms with Gasteiger partial charge in [0.2, 0.25) is 5.91 Å². The van der Waals surface area contributed by atoms with E-state index in [0.717, 1.165) is 18.4 Å². The molecule has 0 spiro atoms. The number of nitrogen functional groups attached to an aromatic ring is 1. The van der Waals surface area contributed by atoms with Gasteiger partial charge in [0.15, 0.2) is 0 Å². The van der Waals surface area contributed by atoms with Crippen LogP contribution in [0.25, 0.3) is 6.08 Å². The number of carbonyl (C=O) groups excluding carboxylic acids is 1. The normalized spacial score (nSPS) is 16.7. The second kappa shape index (κ2) is 5.69. The largest absolute Gasteiger partial charge is 0.399 e. The molecule has 18 heavy (non-hydrogen) atoms. The van der Waals surface area contributed by atoms with E-state index in [2.05, 4.69) is 5.32 Å². The zero-order valence-corrected chi connectivity index (χ0v) is 10.2. The van der Waals surface area contributed by atoms with Crippen molar-refractivity contribution in [3.63, 3.8) is 0 Å². The summed E-state index contributed by atoms with van der Waals surface area (Å²) in [6.07, 6.45) is 4.88. The van der Waals surface area contributed by atoms with Crippen LogP contribution in [0.3, 0.4) is 0 Å². The molecule has 1 saturated carbocycles. The molecule has 4 heteroatoms. The van der Waals surface area contributed by atoms with Crippen molar-refractivity contribution in [2.75, 3.05) is 12.3 Å². The van der Waals surface area contributed by atoms with Crippen molar-refractivity contribution < 1.29 is 9.90 Å². The Morgan fingerprint density at radius 1 is 1.56 bits per heavy atom. The Kier molecular flexibility index (Phi) is 3.99. The summed E-state index contributed by atoms with van der Waals surface area (Å²) < 4.78 is 0. The topological polar surface area (TPSA) is 75.4 Å². The van der Waals surface area contributed by atoms with Crippen LogP contribution in [0.4, 0.5) is 5.69 Å². The van der Waals surface area contributed by atoms with Crippen LogP contribution >= 0.6 is 0 Å². The Balaban J connectivity index is 1.79. The fourth-order valence-corrected chi connectivity index (χ4v) is 1.75. The molecular weight excluding hydrogens is 228 g/mol. The molecule has 0 saturated heterocycles. The molecule has 2 rings (SSSR count). The highest BCUT2D eigenvalue weighted by Gasteiger charge is 2.29. The first kappa shape index (κ1) is 12.6. The SMILES string of the molecule is Nc1cccc(/C=C/C(=O)NCC(O)C2CC2)c1. The summed E-state index contributed by atoms with van der Waals surface area (Å²) in [7, 11) is 0. The monoisotopic (exact) mass is 246 g/mol. The van der Waals surface area contributed by atoms with Crippen LogP contribution in [0.15, 0.2) is 30.3 Å². The summed E-state index contributed by atoms with van der Waals surface area (Å²) in [5.41, 5.74) is 7.19. The van der Waals surface area contributed by atoms with Crippen molar-refractivity contribution in [1.82, 2.24) is 5.32 Å². The lowest BCUT2D eigenvalue weighted by atomic mass is 10.2. The quantitative estimate of drug-likeness (QED) is 0.539. The second-order valence-electron chi connectivity index (χ2n) is 4.65. The van der Waals surface area contributed by atoms with E-state index in [1.54, 1.807) is 18.2 Å².